The molecule has 2 amide bonds. The lowest BCUT2D eigenvalue weighted by molar-refractivity contribution is -0.114. The second-order valence-electron chi connectivity index (χ2n) is 7.41. The highest BCUT2D eigenvalue weighted by atomic mass is 16.3. The van der Waals surface area contributed by atoms with E-state index in [2.05, 4.69) is 17.4 Å². The van der Waals surface area contributed by atoms with Crippen molar-refractivity contribution in [2.75, 3.05) is 25.0 Å². The monoisotopic (exact) mass is 366 g/mol. The highest BCUT2D eigenvalue weighted by molar-refractivity contribution is 5.95. The first-order valence-electron chi connectivity index (χ1n) is 9.33. The van der Waals surface area contributed by atoms with Crippen LogP contribution < -0.4 is 5.32 Å². The summed E-state index contributed by atoms with van der Waals surface area (Å²) in [5, 5.41) is 12.8. The molecule has 0 saturated carbocycles. The summed E-state index contributed by atoms with van der Waals surface area (Å²) in [7, 11) is 0. The van der Waals surface area contributed by atoms with E-state index in [1.165, 1.54) is 12.5 Å². The number of aliphatic hydroxyl groups excluding tert-OH is 1. The smallest absolute Gasteiger partial charge is 0.253 e. The predicted octanol–water partition coefficient (Wildman–Crippen LogP) is 3.10. The molecule has 1 heterocycles. The summed E-state index contributed by atoms with van der Waals surface area (Å²) >= 11 is 0. The number of hydrogen-bond donors (Lipinski definition) is 2. The highest BCUT2D eigenvalue weighted by Crippen LogP contribution is 2.34. The lowest BCUT2D eigenvalue weighted by Gasteiger charge is -2.42. The Kier molecular flexibility index (Phi) is 5.91. The van der Waals surface area contributed by atoms with Crippen LogP contribution >= 0.6 is 0 Å². The van der Waals surface area contributed by atoms with E-state index < -0.39 is 0 Å². The first-order valence-corrected chi connectivity index (χ1v) is 9.33. The van der Waals surface area contributed by atoms with Gasteiger partial charge in [-0.05, 0) is 49.1 Å². The van der Waals surface area contributed by atoms with Gasteiger partial charge in [-0.15, -0.1) is 0 Å². The molecule has 1 aliphatic rings. The lowest BCUT2D eigenvalue weighted by atomic mass is 9.75. The number of piperidine rings is 1. The second kappa shape index (κ2) is 8.35. The first kappa shape index (κ1) is 19.1. The Hall–Kier alpha value is -2.66. The van der Waals surface area contributed by atoms with Gasteiger partial charge in [-0.1, -0.05) is 30.3 Å². The highest BCUT2D eigenvalue weighted by Gasteiger charge is 2.37. The van der Waals surface area contributed by atoms with Gasteiger partial charge in [0.15, 0.2) is 0 Å². The molecule has 0 aliphatic carbocycles. The molecule has 0 unspecified atom stereocenters. The van der Waals surface area contributed by atoms with Gasteiger partial charge < -0.3 is 15.3 Å². The van der Waals surface area contributed by atoms with Crippen LogP contribution in [0.15, 0.2) is 54.6 Å². The number of carbonyl (C=O) groups excluding carboxylic acids is 2. The van der Waals surface area contributed by atoms with Crippen LogP contribution in [0.4, 0.5) is 5.69 Å². The van der Waals surface area contributed by atoms with Crippen LogP contribution in [0.3, 0.4) is 0 Å². The summed E-state index contributed by atoms with van der Waals surface area (Å²) in [4.78, 5) is 25.9. The fourth-order valence-electron chi connectivity index (χ4n) is 3.82. The summed E-state index contributed by atoms with van der Waals surface area (Å²) < 4.78 is 0. The maximum Gasteiger partial charge on any atom is 0.253 e. The van der Waals surface area contributed by atoms with Gasteiger partial charge in [0.05, 0.1) is 6.61 Å². The van der Waals surface area contributed by atoms with E-state index in [0.717, 1.165) is 19.3 Å². The summed E-state index contributed by atoms with van der Waals surface area (Å²) in [6.45, 7) is 2.76. The van der Waals surface area contributed by atoms with E-state index in [-0.39, 0.29) is 23.8 Å². The number of anilines is 1. The van der Waals surface area contributed by atoms with Gasteiger partial charge in [-0.25, -0.2) is 0 Å². The van der Waals surface area contributed by atoms with Gasteiger partial charge in [0.2, 0.25) is 5.91 Å². The van der Waals surface area contributed by atoms with Crippen molar-refractivity contribution in [2.24, 2.45) is 5.41 Å². The van der Waals surface area contributed by atoms with Gasteiger partial charge in [0, 0.05) is 36.7 Å². The molecular weight excluding hydrogens is 340 g/mol. The number of aliphatic hydroxyl groups is 1. The Bertz CT molecular complexity index is 789. The largest absolute Gasteiger partial charge is 0.396 e. The number of hydrogen-bond acceptors (Lipinski definition) is 3. The molecule has 2 aromatic rings. The van der Waals surface area contributed by atoms with Gasteiger partial charge in [0.1, 0.15) is 0 Å². The summed E-state index contributed by atoms with van der Waals surface area (Å²) in [5.41, 5.74) is 2.15. The van der Waals surface area contributed by atoms with Crippen molar-refractivity contribution in [3.8, 4) is 0 Å². The van der Waals surface area contributed by atoms with Crippen molar-refractivity contribution in [2.45, 2.75) is 26.2 Å². The van der Waals surface area contributed by atoms with Crippen molar-refractivity contribution in [1.82, 2.24) is 4.90 Å². The molecule has 3 rings (SSSR count). The second-order valence-corrected chi connectivity index (χ2v) is 7.41. The minimum absolute atomic E-state index is 0.0324. The van der Waals surface area contributed by atoms with E-state index in [9.17, 15) is 14.7 Å². The third-order valence-electron chi connectivity index (χ3n) is 5.16. The third-order valence-corrected chi connectivity index (χ3v) is 5.16. The van der Waals surface area contributed by atoms with E-state index in [1.54, 1.807) is 24.3 Å². The van der Waals surface area contributed by atoms with Crippen LogP contribution in [-0.4, -0.2) is 41.5 Å². The number of benzene rings is 2. The zero-order chi connectivity index (χ0) is 19.3. The lowest BCUT2D eigenvalue weighted by Crippen LogP contribution is -2.49. The van der Waals surface area contributed by atoms with Crippen LogP contribution in [0.2, 0.25) is 0 Å². The first-order chi connectivity index (χ1) is 13.0. The topological polar surface area (TPSA) is 69.6 Å². The fourth-order valence-corrected chi connectivity index (χ4v) is 3.82. The third kappa shape index (κ3) is 4.74. The number of nitrogens with one attached hydrogen (secondary N) is 1. The van der Waals surface area contributed by atoms with E-state index in [4.69, 9.17) is 0 Å². The number of carbonyl (C=O) groups is 2. The van der Waals surface area contributed by atoms with Crippen molar-refractivity contribution >= 4 is 17.5 Å². The number of rotatable bonds is 5. The minimum Gasteiger partial charge on any atom is -0.396 e. The summed E-state index contributed by atoms with van der Waals surface area (Å²) in [5.74, 6) is -0.172. The van der Waals surface area contributed by atoms with Crippen LogP contribution in [0, 0.1) is 5.41 Å². The molecular formula is C22H26N2O3. The van der Waals surface area contributed by atoms with Crippen LogP contribution in [0.25, 0.3) is 0 Å². The SMILES string of the molecule is CC(=O)Nc1ccc(C(=O)N2CCC[C@](CO)(Cc3ccccc3)C2)cc1. The van der Waals surface area contributed by atoms with Crippen LogP contribution in [0.5, 0.6) is 0 Å². The van der Waals surface area contributed by atoms with Crippen molar-refractivity contribution < 1.29 is 14.7 Å². The molecule has 5 nitrogen and oxygen atoms in total. The Labute approximate surface area is 160 Å². The normalized spacial score (nSPS) is 19.6. The molecule has 142 valence electrons. The van der Waals surface area contributed by atoms with Crippen LogP contribution in [-0.2, 0) is 11.2 Å². The molecule has 1 fully saturated rings. The van der Waals surface area contributed by atoms with E-state index in [0.29, 0.717) is 24.3 Å². The maximum absolute atomic E-state index is 12.9. The minimum atomic E-state index is -0.300. The van der Waals surface area contributed by atoms with E-state index in [1.807, 2.05) is 23.1 Å². The average molecular weight is 366 g/mol. The van der Waals surface area contributed by atoms with Gasteiger partial charge in [0.25, 0.3) is 5.91 Å². The van der Waals surface area contributed by atoms with Gasteiger partial charge in [-0.3, -0.25) is 9.59 Å². The molecule has 1 atom stereocenters. The zero-order valence-electron chi connectivity index (χ0n) is 15.6. The van der Waals surface area contributed by atoms with Crippen molar-refractivity contribution in [3.63, 3.8) is 0 Å². The average Bonchev–Trinajstić information content (AvgIpc) is 2.68. The molecule has 1 saturated heterocycles. The molecule has 0 spiro atoms. The summed E-state index contributed by atoms with van der Waals surface area (Å²) in [6, 6.07) is 17.1. The summed E-state index contributed by atoms with van der Waals surface area (Å²) in [6.07, 6.45) is 2.54. The Balaban J connectivity index is 1.72. The number of nitrogens with zero attached hydrogens (tertiary/aromatic N) is 1. The Morgan fingerprint density at radius 3 is 2.44 bits per heavy atom. The van der Waals surface area contributed by atoms with E-state index >= 15 is 0 Å². The zero-order valence-corrected chi connectivity index (χ0v) is 15.6. The molecule has 0 radical (unpaired) electrons. The van der Waals surface area contributed by atoms with Crippen molar-refractivity contribution in [3.05, 3.63) is 65.7 Å². The molecule has 0 aromatic heterocycles. The molecule has 27 heavy (non-hydrogen) atoms. The molecule has 0 bridgehead atoms. The van der Waals surface area contributed by atoms with Crippen molar-refractivity contribution in [1.29, 1.82) is 0 Å². The quantitative estimate of drug-likeness (QED) is 0.854. The van der Waals surface area contributed by atoms with Gasteiger partial charge >= 0.3 is 0 Å². The molecule has 2 aromatic carbocycles. The standard InChI is InChI=1S/C22H26N2O3/c1-17(26)23-20-10-8-19(9-11-20)21(27)24-13-5-12-22(15-24,16-25)14-18-6-3-2-4-7-18/h2-4,6-11,25H,5,12-16H2,1H3,(H,23,26)/t22-/m0/s1. The Morgan fingerprint density at radius 1 is 1.11 bits per heavy atom. The predicted molar refractivity (Wildman–Crippen MR) is 106 cm³/mol. The number of likely N-dealkylation sites (tertiary alicyclic amines) is 1. The number of amides is 2. The fraction of sp³-hybridized carbons (Fsp3) is 0.364. The van der Waals surface area contributed by atoms with Crippen LogP contribution in [0.1, 0.15) is 35.7 Å². The molecule has 1 aliphatic heterocycles. The Morgan fingerprint density at radius 2 is 1.81 bits per heavy atom. The molecule has 5 heteroatoms. The molecule has 2 N–H and O–H groups in total. The van der Waals surface area contributed by atoms with Gasteiger partial charge in [-0.2, -0.15) is 0 Å². The maximum atomic E-state index is 12.9.